The number of piperidine rings is 1. The summed E-state index contributed by atoms with van der Waals surface area (Å²) < 4.78 is 0. The smallest absolute Gasteiger partial charge is 0.319 e. The molecule has 1 aliphatic heterocycles. The summed E-state index contributed by atoms with van der Waals surface area (Å²) in [7, 11) is 0. The van der Waals surface area contributed by atoms with Crippen molar-refractivity contribution in [2.75, 3.05) is 23.3 Å². The Bertz CT molecular complexity index is 497. The molecule has 0 aromatic heterocycles. The van der Waals surface area contributed by atoms with E-state index in [0.717, 1.165) is 37.3 Å². The first-order chi connectivity index (χ1) is 10.6. The van der Waals surface area contributed by atoms with Crippen LogP contribution in [0.4, 0.5) is 16.2 Å². The van der Waals surface area contributed by atoms with Gasteiger partial charge in [-0.15, -0.1) is 0 Å². The average molecular weight is 324 g/mol. The molecule has 0 bridgehead atoms. The van der Waals surface area contributed by atoms with E-state index in [9.17, 15) is 4.79 Å². The second-order valence-corrected chi connectivity index (χ2v) is 6.23. The summed E-state index contributed by atoms with van der Waals surface area (Å²) in [5.41, 5.74) is 1.79. The summed E-state index contributed by atoms with van der Waals surface area (Å²) in [6.45, 7) is 6.25. The molecule has 1 aromatic rings. The molecule has 2 N–H and O–H groups in total. The van der Waals surface area contributed by atoms with E-state index in [2.05, 4.69) is 29.4 Å². The third-order valence-electron chi connectivity index (χ3n) is 4.22. The molecule has 0 saturated carbocycles. The van der Waals surface area contributed by atoms with Crippen molar-refractivity contribution in [1.29, 1.82) is 0 Å². The minimum atomic E-state index is -0.171. The zero-order valence-corrected chi connectivity index (χ0v) is 14.2. The molecule has 4 nitrogen and oxygen atoms in total. The van der Waals surface area contributed by atoms with Crippen LogP contribution in [0.1, 0.15) is 46.0 Å². The van der Waals surface area contributed by atoms with Gasteiger partial charge in [-0.2, -0.15) is 0 Å². The van der Waals surface area contributed by atoms with Gasteiger partial charge in [-0.25, -0.2) is 4.79 Å². The normalized spacial score (nSPS) is 15.0. The summed E-state index contributed by atoms with van der Waals surface area (Å²) in [4.78, 5) is 14.3. The van der Waals surface area contributed by atoms with Crippen molar-refractivity contribution in [2.45, 2.75) is 52.0 Å². The van der Waals surface area contributed by atoms with Crippen LogP contribution in [0.5, 0.6) is 0 Å². The SMILES string of the molecule is CCC(CC)NC(=O)Nc1ccc(N2CCCCC2)c(Cl)c1. The highest BCUT2D eigenvalue weighted by Crippen LogP contribution is 2.30. The highest BCUT2D eigenvalue weighted by Gasteiger charge is 2.15. The van der Waals surface area contributed by atoms with E-state index < -0.39 is 0 Å². The lowest BCUT2D eigenvalue weighted by Crippen LogP contribution is -2.37. The molecule has 1 aromatic carbocycles. The first-order valence-corrected chi connectivity index (χ1v) is 8.63. The molecule has 0 unspecified atom stereocenters. The number of urea groups is 1. The molecule has 0 spiro atoms. The number of anilines is 2. The van der Waals surface area contributed by atoms with Gasteiger partial charge in [0.15, 0.2) is 0 Å². The summed E-state index contributed by atoms with van der Waals surface area (Å²) in [5.74, 6) is 0. The van der Waals surface area contributed by atoms with Crippen LogP contribution >= 0.6 is 11.6 Å². The highest BCUT2D eigenvalue weighted by atomic mass is 35.5. The monoisotopic (exact) mass is 323 g/mol. The number of rotatable bonds is 5. The van der Waals surface area contributed by atoms with Crippen LogP contribution in [0.25, 0.3) is 0 Å². The number of nitrogens with one attached hydrogen (secondary N) is 2. The Labute approximate surface area is 138 Å². The Morgan fingerprint density at radius 1 is 1.23 bits per heavy atom. The number of hydrogen-bond donors (Lipinski definition) is 2. The predicted octanol–water partition coefficient (Wildman–Crippen LogP) is 4.64. The average Bonchev–Trinajstić information content (AvgIpc) is 2.53. The van der Waals surface area contributed by atoms with E-state index in [1.165, 1.54) is 19.3 Å². The van der Waals surface area contributed by atoms with Gasteiger partial charge in [0, 0.05) is 24.8 Å². The maximum Gasteiger partial charge on any atom is 0.319 e. The van der Waals surface area contributed by atoms with Crippen molar-refractivity contribution in [3.63, 3.8) is 0 Å². The number of amides is 2. The molecular formula is C17H26ClN3O. The molecule has 0 aliphatic carbocycles. The molecule has 2 rings (SSSR count). The Kier molecular flexibility index (Phi) is 6.37. The maximum atomic E-state index is 12.0. The van der Waals surface area contributed by atoms with E-state index >= 15 is 0 Å². The Morgan fingerprint density at radius 3 is 2.50 bits per heavy atom. The topological polar surface area (TPSA) is 44.4 Å². The van der Waals surface area contributed by atoms with Crippen LogP contribution in [-0.2, 0) is 0 Å². The van der Waals surface area contributed by atoms with Gasteiger partial charge in [0.25, 0.3) is 0 Å². The summed E-state index contributed by atoms with van der Waals surface area (Å²) >= 11 is 6.39. The van der Waals surface area contributed by atoms with Crippen LogP contribution < -0.4 is 15.5 Å². The minimum absolute atomic E-state index is 0.171. The van der Waals surface area contributed by atoms with Gasteiger partial charge >= 0.3 is 6.03 Å². The van der Waals surface area contributed by atoms with Gasteiger partial charge in [0.05, 0.1) is 10.7 Å². The number of benzene rings is 1. The third kappa shape index (κ3) is 4.54. The van der Waals surface area contributed by atoms with Gasteiger partial charge in [0.2, 0.25) is 0 Å². The standard InChI is InChI=1S/C17H26ClN3O/c1-3-13(4-2)19-17(22)20-14-8-9-16(15(18)12-14)21-10-6-5-7-11-21/h8-9,12-13H,3-7,10-11H2,1-2H3,(H2,19,20,22). The predicted molar refractivity (Wildman–Crippen MR) is 94.0 cm³/mol. The molecule has 1 fully saturated rings. The van der Waals surface area contributed by atoms with Gasteiger partial charge in [0.1, 0.15) is 0 Å². The maximum absolute atomic E-state index is 12.0. The summed E-state index contributed by atoms with van der Waals surface area (Å²) in [6.07, 6.45) is 5.59. The van der Waals surface area contributed by atoms with Gasteiger partial charge in [-0.05, 0) is 50.3 Å². The van der Waals surface area contributed by atoms with Crippen LogP contribution in [0.2, 0.25) is 5.02 Å². The molecule has 2 amide bonds. The Morgan fingerprint density at radius 2 is 1.91 bits per heavy atom. The highest BCUT2D eigenvalue weighted by molar-refractivity contribution is 6.33. The first kappa shape index (κ1) is 16.9. The third-order valence-corrected chi connectivity index (χ3v) is 4.53. The fourth-order valence-corrected chi connectivity index (χ4v) is 3.12. The number of hydrogen-bond acceptors (Lipinski definition) is 2. The van der Waals surface area contributed by atoms with E-state index in [0.29, 0.717) is 5.02 Å². The van der Waals surface area contributed by atoms with Gasteiger partial charge in [-0.1, -0.05) is 25.4 Å². The summed E-state index contributed by atoms with van der Waals surface area (Å²) in [5, 5.41) is 6.51. The number of carbonyl (C=O) groups excluding carboxylic acids is 1. The van der Waals surface area contributed by atoms with E-state index in [4.69, 9.17) is 11.6 Å². The van der Waals surface area contributed by atoms with E-state index in [-0.39, 0.29) is 12.1 Å². The number of halogens is 1. The van der Waals surface area contributed by atoms with Crippen LogP contribution in [-0.4, -0.2) is 25.2 Å². The lowest BCUT2D eigenvalue weighted by atomic mass is 10.1. The van der Waals surface area contributed by atoms with Gasteiger partial charge in [-0.3, -0.25) is 0 Å². The minimum Gasteiger partial charge on any atom is -0.370 e. The first-order valence-electron chi connectivity index (χ1n) is 8.26. The quantitative estimate of drug-likeness (QED) is 0.829. The summed E-state index contributed by atoms with van der Waals surface area (Å²) in [6, 6.07) is 5.79. The van der Waals surface area contributed by atoms with Crippen LogP contribution in [0.3, 0.4) is 0 Å². The molecule has 122 valence electrons. The van der Waals surface area contributed by atoms with E-state index in [1.54, 1.807) is 0 Å². The molecule has 1 saturated heterocycles. The lowest BCUT2D eigenvalue weighted by Gasteiger charge is -2.29. The molecular weight excluding hydrogens is 298 g/mol. The van der Waals surface area contributed by atoms with Crippen molar-refractivity contribution in [1.82, 2.24) is 5.32 Å². The second-order valence-electron chi connectivity index (χ2n) is 5.83. The molecule has 0 radical (unpaired) electrons. The number of carbonyl (C=O) groups is 1. The van der Waals surface area contributed by atoms with Crippen molar-refractivity contribution in [3.05, 3.63) is 23.2 Å². The molecule has 22 heavy (non-hydrogen) atoms. The zero-order chi connectivity index (χ0) is 15.9. The second kappa shape index (κ2) is 8.28. The fraction of sp³-hybridized carbons (Fsp3) is 0.588. The Balaban J connectivity index is 1.98. The van der Waals surface area contributed by atoms with Crippen molar-refractivity contribution >= 4 is 29.0 Å². The van der Waals surface area contributed by atoms with Crippen molar-refractivity contribution < 1.29 is 4.79 Å². The van der Waals surface area contributed by atoms with Crippen LogP contribution in [0.15, 0.2) is 18.2 Å². The molecule has 1 aliphatic rings. The van der Waals surface area contributed by atoms with Crippen LogP contribution in [0, 0.1) is 0 Å². The Hall–Kier alpha value is -1.42. The fourth-order valence-electron chi connectivity index (χ4n) is 2.82. The zero-order valence-electron chi connectivity index (χ0n) is 13.5. The molecule has 5 heteroatoms. The largest absolute Gasteiger partial charge is 0.370 e. The van der Waals surface area contributed by atoms with Gasteiger partial charge < -0.3 is 15.5 Å². The van der Waals surface area contributed by atoms with Crippen molar-refractivity contribution in [3.8, 4) is 0 Å². The lowest BCUT2D eigenvalue weighted by molar-refractivity contribution is 0.247. The van der Waals surface area contributed by atoms with E-state index in [1.807, 2.05) is 18.2 Å². The molecule has 1 heterocycles. The number of nitrogens with zero attached hydrogens (tertiary/aromatic N) is 1. The van der Waals surface area contributed by atoms with Crippen molar-refractivity contribution in [2.24, 2.45) is 0 Å². The molecule has 0 atom stereocenters.